The Morgan fingerprint density at radius 1 is 1.29 bits per heavy atom. The molecule has 1 aromatic heterocycles. The van der Waals surface area contributed by atoms with Gasteiger partial charge < -0.3 is 0 Å². The van der Waals surface area contributed by atoms with E-state index in [1.165, 1.54) is 19.1 Å². The molecular formula is C10H10BrN3O4S3. The molecule has 2 rings (SSSR count). The molecule has 7 nitrogen and oxygen atoms in total. The van der Waals surface area contributed by atoms with Crippen molar-refractivity contribution in [3.8, 4) is 0 Å². The largest absolute Gasteiger partial charge is 0.263 e. The van der Waals surface area contributed by atoms with E-state index in [0.717, 1.165) is 0 Å². The molecule has 2 aromatic rings. The number of anilines is 1. The Labute approximate surface area is 134 Å². The molecule has 0 saturated heterocycles. The number of nitrogens with zero attached hydrogens (tertiary/aromatic N) is 1. The van der Waals surface area contributed by atoms with Crippen molar-refractivity contribution in [1.29, 1.82) is 0 Å². The lowest BCUT2D eigenvalue weighted by atomic mass is 10.4. The predicted octanol–water partition coefficient (Wildman–Crippen LogP) is 1.66. The number of aromatic nitrogens is 1. The molecule has 0 unspecified atom stereocenters. The van der Waals surface area contributed by atoms with Crippen molar-refractivity contribution in [2.24, 2.45) is 5.14 Å². The van der Waals surface area contributed by atoms with Gasteiger partial charge in [-0.25, -0.2) is 27.0 Å². The van der Waals surface area contributed by atoms with E-state index in [0.29, 0.717) is 15.8 Å². The molecule has 1 heterocycles. The highest BCUT2D eigenvalue weighted by Gasteiger charge is 2.21. The molecule has 114 valence electrons. The molecule has 1 aromatic carbocycles. The van der Waals surface area contributed by atoms with E-state index >= 15 is 0 Å². The van der Waals surface area contributed by atoms with Gasteiger partial charge in [-0.2, -0.15) is 0 Å². The van der Waals surface area contributed by atoms with Crippen LogP contribution in [0.3, 0.4) is 0 Å². The zero-order chi connectivity index (χ0) is 15.8. The summed E-state index contributed by atoms with van der Waals surface area (Å²) in [4.78, 5) is 3.90. The van der Waals surface area contributed by atoms with Crippen molar-refractivity contribution in [2.75, 3.05) is 4.72 Å². The first-order valence-electron chi connectivity index (χ1n) is 5.38. The van der Waals surface area contributed by atoms with Crippen LogP contribution in [0.25, 0.3) is 0 Å². The first-order valence-corrected chi connectivity index (χ1v) is 10.0. The van der Waals surface area contributed by atoms with Gasteiger partial charge in [-0.1, -0.05) is 33.3 Å². The number of hydrogen-bond acceptors (Lipinski definition) is 6. The third-order valence-corrected chi connectivity index (χ3v) is 6.93. The SMILES string of the molecule is Cc1nc(NS(=O)(=O)c2cccc(Br)c2)sc1S(N)(=O)=O. The van der Waals surface area contributed by atoms with Crippen molar-refractivity contribution in [3.63, 3.8) is 0 Å². The summed E-state index contributed by atoms with van der Waals surface area (Å²) in [5, 5.41) is 4.97. The molecule has 0 saturated carbocycles. The van der Waals surface area contributed by atoms with Gasteiger partial charge in [-0.15, -0.1) is 0 Å². The van der Waals surface area contributed by atoms with Crippen LogP contribution in [0.2, 0.25) is 0 Å². The number of nitrogens with two attached hydrogens (primary N) is 1. The molecule has 0 aliphatic carbocycles. The summed E-state index contributed by atoms with van der Waals surface area (Å²) in [6.45, 7) is 1.44. The lowest BCUT2D eigenvalue weighted by Gasteiger charge is -2.05. The minimum Gasteiger partial charge on any atom is -0.255 e. The second-order valence-corrected chi connectivity index (χ2v) is 9.35. The summed E-state index contributed by atoms with van der Waals surface area (Å²) in [5.41, 5.74) is 0.148. The molecule has 11 heteroatoms. The van der Waals surface area contributed by atoms with Crippen LogP contribution in [0.15, 0.2) is 37.8 Å². The first-order chi connectivity index (χ1) is 9.59. The summed E-state index contributed by atoms with van der Waals surface area (Å²) < 4.78 is 49.6. The number of sulfonamides is 2. The second kappa shape index (κ2) is 5.65. The standard InChI is InChI=1S/C10H10BrN3O4S3/c1-6-9(20(12,15)16)19-10(13-6)14-21(17,18)8-4-2-3-7(11)5-8/h2-5H,1H3,(H,13,14)(H2,12,15,16). The first kappa shape index (κ1) is 16.4. The number of thiazole rings is 1. The number of halogens is 1. The monoisotopic (exact) mass is 411 g/mol. The average Bonchev–Trinajstić information content (AvgIpc) is 2.69. The number of rotatable bonds is 4. The van der Waals surface area contributed by atoms with Crippen LogP contribution in [-0.2, 0) is 20.0 Å². The van der Waals surface area contributed by atoms with Gasteiger partial charge >= 0.3 is 0 Å². The smallest absolute Gasteiger partial charge is 0.255 e. The van der Waals surface area contributed by atoms with E-state index < -0.39 is 20.0 Å². The zero-order valence-corrected chi connectivity index (χ0v) is 14.6. The number of benzene rings is 1. The number of aryl methyl sites for hydroxylation is 1. The third kappa shape index (κ3) is 3.80. The zero-order valence-electron chi connectivity index (χ0n) is 10.6. The normalized spacial score (nSPS) is 12.3. The summed E-state index contributed by atoms with van der Waals surface area (Å²) >= 11 is 3.85. The van der Waals surface area contributed by atoms with Gasteiger partial charge in [-0.05, 0) is 25.1 Å². The lowest BCUT2D eigenvalue weighted by Crippen LogP contribution is -2.12. The maximum atomic E-state index is 12.2. The van der Waals surface area contributed by atoms with Crippen LogP contribution in [0.5, 0.6) is 0 Å². The molecule has 0 amide bonds. The third-order valence-electron chi connectivity index (χ3n) is 2.34. The Morgan fingerprint density at radius 3 is 2.48 bits per heavy atom. The van der Waals surface area contributed by atoms with Crippen LogP contribution >= 0.6 is 27.3 Å². The Bertz CT molecular complexity index is 890. The lowest BCUT2D eigenvalue weighted by molar-refractivity contribution is 0.598. The summed E-state index contributed by atoms with van der Waals surface area (Å²) in [7, 11) is -7.78. The van der Waals surface area contributed by atoms with Gasteiger partial charge in [0.15, 0.2) is 9.34 Å². The summed E-state index contributed by atoms with van der Waals surface area (Å²) in [6, 6.07) is 6.09. The minimum absolute atomic E-state index is 0.0295. The van der Waals surface area contributed by atoms with E-state index in [1.54, 1.807) is 12.1 Å². The number of nitrogens with one attached hydrogen (secondary N) is 1. The molecule has 0 radical (unpaired) electrons. The quantitative estimate of drug-likeness (QED) is 0.792. The molecule has 0 spiro atoms. The van der Waals surface area contributed by atoms with Crippen molar-refractivity contribution in [2.45, 2.75) is 16.0 Å². The molecular weight excluding hydrogens is 402 g/mol. The molecule has 3 N–H and O–H groups in total. The maximum absolute atomic E-state index is 12.2. The maximum Gasteiger partial charge on any atom is 0.263 e. The van der Waals surface area contributed by atoms with E-state index in [4.69, 9.17) is 5.14 Å². The fourth-order valence-electron chi connectivity index (χ4n) is 1.50. The molecule has 0 bridgehead atoms. The van der Waals surface area contributed by atoms with E-state index in [9.17, 15) is 16.8 Å². The molecule has 21 heavy (non-hydrogen) atoms. The van der Waals surface area contributed by atoms with Crippen LogP contribution in [0.1, 0.15) is 5.69 Å². The van der Waals surface area contributed by atoms with Gasteiger partial charge in [0, 0.05) is 4.47 Å². The van der Waals surface area contributed by atoms with Crippen LogP contribution < -0.4 is 9.86 Å². The second-order valence-electron chi connectivity index (χ2n) is 4.00. The van der Waals surface area contributed by atoms with E-state index in [1.807, 2.05) is 0 Å². The Kier molecular flexibility index (Phi) is 4.40. The van der Waals surface area contributed by atoms with Crippen LogP contribution in [-0.4, -0.2) is 21.8 Å². The fraction of sp³-hybridized carbons (Fsp3) is 0.100. The van der Waals surface area contributed by atoms with Gasteiger partial charge in [0.1, 0.15) is 0 Å². The van der Waals surface area contributed by atoms with Gasteiger partial charge in [-0.3, -0.25) is 4.72 Å². The number of primary sulfonamides is 1. The summed E-state index contributed by atoms with van der Waals surface area (Å²) in [6.07, 6.45) is 0. The van der Waals surface area contributed by atoms with E-state index in [2.05, 4.69) is 25.6 Å². The van der Waals surface area contributed by atoms with E-state index in [-0.39, 0.29) is 19.9 Å². The molecule has 0 atom stereocenters. The minimum atomic E-state index is -3.93. The Balaban J connectivity index is 2.38. The molecule has 0 aliphatic heterocycles. The van der Waals surface area contributed by atoms with Crippen molar-refractivity contribution >= 4 is 52.4 Å². The Morgan fingerprint density at radius 2 is 1.95 bits per heavy atom. The van der Waals surface area contributed by atoms with Crippen molar-refractivity contribution in [3.05, 3.63) is 34.4 Å². The highest BCUT2D eigenvalue weighted by Crippen LogP contribution is 2.28. The van der Waals surface area contributed by atoms with Gasteiger partial charge in [0.05, 0.1) is 10.6 Å². The van der Waals surface area contributed by atoms with Crippen LogP contribution in [0.4, 0.5) is 5.13 Å². The highest BCUT2D eigenvalue weighted by atomic mass is 79.9. The van der Waals surface area contributed by atoms with Gasteiger partial charge in [0.25, 0.3) is 10.0 Å². The van der Waals surface area contributed by atoms with Gasteiger partial charge in [0.2, 0.25) is 10.0 Å². The predicted molar refractivity (Wildman–Crippen MR) is 83.2 cm³/mol. The highest BCUT2D eigenvalue weighted by molar-refractivity contribution is 9.10. The Hall–Kier alpha value is -1.01. The topological polar surface area (TPSA) is 119 Å². The average molecular weight is 412 g/mol. The molecule has 0 aliphatic rings. The summed E-state index contributed by atoms with van der Waals surface area (Å²) in [5.74, 6) is 0. The van der Waals surface area contributed by atoms with Crippen molar-refractivity contribution < 1.29 is 16.8 Å². The fourth-order valence-corrected chi connectivity index (χ4v) is 5.19. The van der Waals surface area contributed by atoms with Crippen molar-refractivity contribution in [1.82, 2.24) is 4.98 Å². The molecule has 0 fully saturated rings. The number of hydrogen-bond donors (Lipinski definition) is 2. The van der Waals surface area contributed by atoms with Crippen LogP contribution in [0, 0.1) is 6.92 Å².